The van der Waals surface area contributed by atoms with Crippen LogP contribution in [0.15, 0.2) is 0 Å². The summed E-state index contributed by atoms with van der Waals surface area (Å²) in [6.07, 6.45) is -0.535. The summed E-state index contributed by atoms with van der Waals surface area (Å²) in [4.78, 5) is 37.2. The maximum Gasteiger partial charge on any atom is 0.469 e. The highest BCUT2D eigenvalue weighted by Crippen LogP contribution is 2.37. The van der Waals surface area contributed by atoms with Crippen molar-refractivity contribution in [3.8, 4) is 0 Å². The average molecular weight is 262 g/mol. The Hall–Kier alpha value is 0.220. The number of hydrogen-bond donors (Lipinski definition) is 2. The Balaban J connectivity index is 4.17. The molecular formula is C5H12O8P2-2. The summed E-state index contributed by atoms with van der Waals surface area (Å²) in [6, 6.07) is 0. The number of rotatable bonds is 7. The van der Waals surface area contributed by atoms with Crippen molar-refractivity contribution in [2.75, 3.05) is 6.61 Å². The predicted octanol–water partition coefficient (Wildman–Crippen LogP) is -0.890. The Morgan fingerprint density at radius 2 is 1.87 bits per heavy atom. The molecule has 0 bridgehead atoms. The molecule has 0 aromatic carbocycles. The van der Waals surface area contributed by atoms with Gasteiger partial charge in [-0.1, -0.05) is 13.3 Å². The van der Waals surface area contributed by atoms with Crippen LogP contribution in [0.1, 0.15) is 19.8 Å². The molecule has 0 aliphatic rings. The molecule has 0 rings (SSSR count). The van der Waals surface area contributed by atoms with Crippen LogP contribution in [0.5, 0.6) is 0 Å². The number of phosphoric ester groups is 2. The third kappa shape index (κ3) is 10.5. The zero-order chi connectivity index (χ0) is 12.1. The van der Waals surface area contributed by atoms with E-state index in [9.17, 15) is 18.9 Å². The van der Waals surface area contributed by atoms with Crippen molar-refractivity contribution in [3.63, 3.8) is 0 Å². The Morgan fingerprint density at radius 3 is 2.20 bits per heavy atom. The molecule has 0 aromatic heterocycles. The zero-order valence-electron chi connectivity index (χ0n) is 7.94. The van der Waals surface area contributed by atoms with E-state index < -0.39 is 28.4 Å². The molecule has 92 valence electrons. The first-order chi connectivity index (χ1) is 6.64. The molecule has 10 heteroatoms. The van der Waals surface area contributed by atoms with E-state index in [1.807, 2.05) is 0 Å². The van der Waals surface area contributed by atoms with Gasteiger partial charge in [-0.05, 0) is 6.42 Å². The van der Waals surface area contributed by atoms with Crippen LogP contribution in [0.4, 0.5) is 0 Å². The fourth-order valence-electron chi connectivity index (χ4n) is 0.851. The molecule has 8 nitrogen and oxygen atoms in total. The first kappa shape index (κ1) is 15.2. The van der Waals surface area contributed by atoms with Crippen molar-refractivity contribution in [3.05, 3.63) is 0 Å². The second kappa shape index (κ2) is 6.08. The van der Waals surface area contributed by atoms with E-state index in [0.717, 1.165) is 0 Å². The molecular weight excluding hydrogens is 250 g/mol. The Bertz CT molecular complexity index is 266. The first-order valence-corrected chi connectivity index (χ1v) is 7.03. The first-order valence-electron chi connectivity index (χ1n) is 4.04. The van der Waals surface area contributed by atoms with E-state index in [0.29, 0.717) is 6.42 Å². The van der Waals surface area contributed by atoms with Gasteiger partial charge < -0.3 is 28.7 Å². The molecule has 0 aliphatic heterocycles. The van der Waals surface area contributed by atoms with Gasteiger partial charge in [0.1, 0.15) is 0 Å². The third-order valence-electron chi connectivity index (χ3n) is 1.32. The lowest BCUT2D eigenvalue weighted by Gasteiger charge is -2.33. The van der Waals surface area contributed by atoms with Gasteiger partial charge in [-0.25, -0.2) is 4.57 Å². The minimum absolute atomic E-state index is 0.147. The smallest absolute Gasteiger partial charge is 0.469 e. The van der Waals surface area contributed by atoms with E-state index in [1.54, 1.807) is 6.92 Å². The maximum atomic E-state index is 10.3. The predicted molar refractivity (Wildman–Crippen MR) is 45.4 cm³/mol. The number of hydrogen-bond acceptors (Lipinski definition) is 6. The minimum atomic E-state index is -5.17. The monoisotopic (exact) mass is 262 g/mol. The average Bonchev–Trinajstić information content (AvgIpc) is 1.96. The molecule has 15 heavy (non-hydrogen) atoms. The van der Waals surface area contributed by atoms with Gasteiger partial charge in [0, 0.05) is 0 Å². The summed E-state index contributed by atoms with van der Waals surface area (Å²) < 4.78 is 28.6. The Kier molecular flexibility index (Phi) is 6.17. The molecule has 0 saturated heterocycles. The van der Waals surface area contributed by atoms with Crippen LogP contribution in [0, 0.1) is 0 Å². The normalized spacial score (nSPS) is 15.3. The molecule has 0 spiro atoms. The Labute approximate surface area is 86.7 Å². The summed E-state index contributed by atoms with van der Waals surface area (Å²) in [5.74, 6) is 0. The van der Waals surface area contributed by atoms with Crippen LogP contribution in [0.25, 0.3) is 0 Å². The van der Waals surface area contributed by atoms with Gasteiger partial charge in [0.05, 0.1) is 20.5 Å². The second-order valence-electron chi connectivity index (χ2n) is 2.75. The van der Waals surface area contributed by atoms with E-state index in [4.69, 9.17) is 9.79 Å². The fraction of sp³-hybridized carbons (Fsp3) is 1.00. The summed E-state index contributed by atoms with van der Waals surface area (Å²) >= 11 is 0. The number of phosphoric acid groups is 2. The van der Waals surface area contributed by atoms with Crippen molar-refractivity contribution in [2.24, 2.45) is 0 Å². The molecule has 2 N–H and O–H groups in total. The van der Waals surface area contributed by atoms with Gasteiger partial charge in [-0.15, -0.1) is 0 Å². The van der Waals surface area contributed by atoms with E-state index in [-0.39, 0.29) is 6.42 Å². The molecule has 0 heterocycles. The highest BCUT2D eigenvalue weighted by Gasteiger charge is 2.18. The molecule has 0 aromatic rings. The fourth-order valence-corrected chi connectivity index (χ4v) is 1.74. The van der Waals surface area contributed by atoms with Crippen molar-refractivity contribution >= 4 is 15.6 Å². The van der Waals surface area contributed by atoms with E-state index in [2.05, 4.69) is 9.05 Å². The van der Waals surface area contributed by atoms with Gasteiger partial charge in [0.2, 0.25) is 0 Å². The summed E-state index contributed by atoms with van der Waals surface area (Å²) in [5, 5.41) is 0. The van der Waals surface area contributed by atoms with Crippen LogP contribution >= 0.6 is 15.6 Å². The molecule has 0 saturated carbocycles. The lowest BCUT2D eigenvalue weighted by atomic mass is 10.2. The second-order valence-corrected chi connectivity index (χ2v) is 5.09. The SMILES string of the molecule is CCCC(COP(=O)(O)O)OP(=O)([O-])[O-]. The van der Waals surface area contributed by atoms with Crippen LogP contribution in [-0.4, -0.2) is 22.5 Å². The van der Waals surface area contributed by atoms with Crippen LogP contribution < -0.4 is 9.79 Å². The molecule has 0 aliphatic carbocycles. The molecule has 0 fully saturated rings. The summed E-state index contributed by atoms with van der Waals surface area (Å²) in [6.45, 7) is 1.04. The van der Waals surface area contributed by atoms with Crippen molar-refractivity contribution in [1.82, 2.24) is 0 Å². The van der Waals surface area contributed by atoms with Gasteiger partial charge in [0.15, 0.2) is 0 Å². The molecule has 0 amide bonds. The van der Waals surface area contributed by atoms with Gasteiger partial charge >= 0.3 is 7.82 Å². The summed E-state index contributed by atoms with van der Waals surface area (Å²) in [5.41, 5.74) is 0. The van der Waals surface area contributed by atoms with Crippen LogP contribution in [-0.2, 0) is 18.2 Å². The summed E-state index contributed by atoms with van der Waals surface area (Å²) in [7, 11) is -9.85. The highest BCUT2D eigenvalue weighted by atomic mass is 31.2. The van der Waals surface area contributed by atoms with Gasteiger partial charge in [-0.3, -0.25) is 4.52 Å². The molecule has 1 atom stereocenters. The molecule has 0 radical (unpaired) electrons. The van der Waals surface area contributed by atoms with E-state index in [1.165, 1.54) is 0 Å². The zero-order valence-corrected chi connectivity index (χ0v) is 9.73. The lowest BCUT2D eigenvalue weighted by Crippen LogP contribution is -2.26. The lowest BCUT2D eigenvalue weighted by molar-refractivity contribution is -0.345. The van der Waals surface area contributed by atoms with E-state index >= 15 is 0 Å². The quantitative estimate of drug-likeness (QED) is 0.563. The standard InChI is InChI=1S/C5H14O8P2/c1-2-3-5(13-15(9,10)11)4-12-14(6,7)8/h5H,2-4H2,1H3,(H2,6,7,8)(H2,9,10,11)/p-2. The minimum Gasteiger partial charge on any atom is -0.790 e. The molecule has 1 unspecified atom stereocenters. The Morgan fingerprint density at radius 1 is 1.33 bits per heavy atom. The third-order valence-corrected chi connectivity index (χ3v) is 2.36. The van der Waals surface area contributed by atoms with Crippen molar-refractivity contribution in [1.29, 1.82) is 0 Å². The maximum absolute atomic E-state index is 10.3. The van der Waals surface area contributed by atoms with Gasteiger partial charge in [0.25, 0.3) is 0 Å². The highest BCUT2D eigenvalue weighted by molar-refractivity contribution is 7.46. The topological polar surface area (TPSA) is 139 Å². The van der Waals surface area contributed by atoms with Gasteiger partial charge in [-0.2, -0.15) is 0 Å². The van der Waals surface area contributed by atoms with Crippen molar-refractivity contribution in [2.45, 2.75) is 25.9 Å². The van der Waals surface area contributed by atoms with Crippen molar-refractivity contribution < 1.29 is 37.8 Å². The van der Waals surface area contributed by atoms with Crippen LogP contribution in [0.3, 0.4) is 0 Å². The van der Waals surface area contributed by atoms with Crippen LogP contribution in [0.2, 0.25) is 0 Å². The largest absolute Gasteiger partial charge is 0.790 e.